The lowest BCUT2D eigenvalue weighted by Crippen LogP contribution is -2.25. The van der Waals surface area contributed by atoms with Gasteiger partial charge in [0.2, 0.25) is 0 Å². The van der Waals surface area contributed by atoms with E-state index in [0.29, 0.717) is 49.4 Å². The van der Waals surface area contributed by atoms with Crippen molar-refractivity contribution in [1.29, 1.82) is 0 Å². The van der Waals surface area contributed by atoms with Gasteiger partial charge in [-0.25, -0.2) is 4.98 Å². The summed E-state index contributed by atoms with van der Waals surface area (Å²) < 4.78 is 15.0. The zero-order chi connectivity index (χ0) is 28.2. The highest BCUT2D eigenvalue weighted by Crippen LogP contribution is 2.38. The van der Waals surface area contributed by atoms with E-state index in [1.54, 1.807) is 24.4 Å². The van der Waals surface area contributed by atoms with Crippen LogP contribution in [0.15, 0.2) is 67.4 Å². The van der Waals surface area contributed by atoms with Gasteiger partial charge in [-0.3, -0.25) is 4.79 Å². The Morgan fingerprint density at radius 3 is 2.58 bits per heavy atom. The molecule has 1 aromatic heterocycles. The predicted octanol–water partition coefficient (Wildman–Crippen LogP) is 9.14. The summed E-state index contributed by atoms with van der Waals surface area (Å²) >= 11 is 19.3. The predicted molar refractivity (Wildman–Crippen MR) is 169 cm³/mol. The summed E-state index contributed by atoms with van der Waals surface area (Å²) in [6.45, 7) is 2.64. The second kappa shape index (κ2) is 13.1. The molecule has 0 radical (unpaired) electrons. The number of nitrogens with zero attached hydrogens (tertiary/aromatic N) is 3. The maximum atomic E-state index is 13.6. The minimum Gasteiger partial charge on any atom is -0.490 e. The maximum absolute atomic E-state index is 13.6. The highest BCUT2D eigenvalue weighted by molar-refractivity contribution is 9.10. The Morgan fingerprint density at radius 1 is 1.02 bits per heavy atom. The number of fused-ring (bicyclic) bond motifs is 1. The topological polar surface area (TPSA) is 65.7 Å². The van der Waals surface area contributed by atoms with Crippen LogP contribution in [0.2, 0.25) is 10.0 Å². The number of aromatic nitrogens is 2. The Hall–Kier alpha value is -2.39. The van der Waals surface area contributed by atoms with E-state index in [1.165, 1.54) is 11.1 Å². The average Bonchev–Trinajstić information content (AvgIpc) is 2.95. The van der Waals surface area contributed by atoms with Crippen LogP contribution >= 0.6 is 55.1 Å². The van der Waals surface area contributed by atoms with Gasteiger partial charge in [0.05, 0.1) is 38.2 Å². The molecule has 6 nitrogen and oxygen atoms in total. The fraction of sp³-hybridized carbons (Fsp3) is 0.300. The second-order valence-electron chi connectivity index (χ2n) is 9.63. The number of benzene rings is 3. The van der Waals surface area contributed by atoms with E-state index in [1.807, 2.05) is 37.3 Å². The van der Waals surface area contributed by atoms with Gasteiger partial charge < -0.3 is 9.47 Å². The molecule has 0 N–H and O–H groups in total. The van der Waals surface area contributed by atoms with Crippen LogP contribution in [0.4, 0.5) is 0 Å². The summed E-state index contributed by atoms with van der Waals surface area (Å²) in [5.41, 5.74) is 2.12. The summed E-state index contributed by atoms with van der Waals surface area (Å²) in [4.78, 5) is 18.6. The lowest BCUT2D eigenvalue weighted by molar-refractivity contribution is 0.267. The van der Waals surface area contributed by atoms with Gasteiger partial charge in [0.1, 0.15) is 12.4 Å². The fourth-order valence-electron chi connectivity index (χ4n) is 4.88. The molecule has 0 bridgehead atoms. The fourth-order valence-corrected chi connectivity index (χ4v) is 6.13. The summed E-state index contributed by atoms with van der Waals surface area (Å²) in [5, 5.41) is 6.15. The Morgan fingerprint density at radius 2 is 1.82 bits per heavy atom. The highest BCUT2D eigenvalue weighted by atomic mass is 79.9. The number of halogens is 4. The normalized spacial score (nSPS) is 14.2. The van der Waals surface area contributed by atoms with Crippen molar-refractivity contribution in [3.63, 3.8) is 0 Å². The molecule has 1 fully saturated rings. The first kappa shape index (κ1) is 29.1. The van der Waals surface area contributed by atoms with Crippen LogP contribution in [0, 0.1) is 0 Å². The number of hydrogen-bond acceptors (Lipinski definition) is 5. The molecule has 0 spiro atoms. The van der Waals surface area contributed by atoms with Crippen molar-refractivity contribution >= 4 is 72.2 Å². The van der Waals surface area contributed by atoms with E-state index in [4.69, 9.17) is 37.7 Å². The smallest absolute Gasteiger partial charge is 0.282 e. The monoisotopic (exact) mass is 705 g/mol. The molecular weight excluding hydrogens is 681 g/mol. The third-order valence-electron chi connectivity index (χ3n) is 6.82. The first-order valence-electron chi connectivity index (χ1n) is 13.1. The summed E-state index contributed by atoms with van der Waals surface area (Å²) in [6.07, 6.45) is 7.10. The molecule has 1 saturated carbocycles. The Balaban J connectivity index is 1.50. The SMILES string of the molecule is CCOc1cc(C=Nn2c(C3CCCCC3)nc3ccc(Br)cc3c2=O)cc(Br)c1OCc1ccc(Cl)c(Cl)c1. The van der Waals surface area contributed by atoms with Crippen LogP contribution in [0.3, 0.4) is 0 Å². The van der Waals surface area contributed by atoms with Gasteiger partial charge in [0.25, 0.3) is 5.56 Å². The number of hydrogen-bond donors (Lipinski definition) is 0. The molecule has 10 heteroatoms. The van der Waals surface area contributed by atoms with Gasteiger partial charge in [-0.2, -0.15) is 9.78 Å². The zero-order valence-electron chi connectivity index (χ0n) is 21.8. The minimum absolute atomic E-state index is 0.186. The molecule has 208 valence electrons. The lowest BCUT2D eigenvalue weighted by Gasteiger charge is -2.22. The molecule has 4 aromatic rings. The Kier molecular flexibility index (Phi) is 9.51. The van der Waals surface area contributed by atoms with E-state index in [-0.39, 0.29) is 18.1 Å². The summed E-state index contributed by atoms with van der Waals surface area (Å²) in [5.74, 6) is 2.01. The van der Waals surface area contributed by atoms with Gasteiger partial charge in [0.15, 0.2) is 11.5 Å². The van der Waals surface area contributed by atoms with Crippen LogP contribution in [0.25, 0.3) is 10.9 Å². The standard InChI is InChI=1S/C30H27Br2Cl2N3O3/c1-2-39-27-14-19(12-23(32)28(27)40-17-18-8-10-24(33)25(34)13-18)16-35-37-29(20-6-4-3-5-7-20)36-26-11-9-21(31)15-22(26)30(37)38/h8-16,20H,2-7,17H2,1H3. The van der Waals surface area contributed by atoms with Crippen LogP contribution in [-0.2, 0) is 6.61 Å². The van der Waals surface area contributed by atoms with Crippen molar-refractivity contribution < 1.29 is 9.47 Å². The largest absolute Gasteiger partial charge is 0.490 e. The Bertz CT molecular complexity index is 1640. The summed E-state index contributed by atoms with van der Waals surface area (Å²) in [6, 6.07) is 14.7. The van der Waals surface area contributed by atoms with Crippen molar-refractivity contribution in [3.05, 3.63) is 94.8 Å². The molecule has 0 amide bonds. The molecule has 1 aliphatic carbocycles. The van der Waals surface area contributed by atoms with Crippen molar-refractivity contribution in [2.75, 3.05) is 6.61 Å². The van der Waals surface area contributed by atoms with E-state index in [2.05, 4.69) is 37.0 Å². The molecule has 1 aliphatic rings. The molecule has 0 atom stereocenters. The molecule has 5 rings (SSSR count). The first-order valence-corrected chi connectivity index (χ1v) is 15.5. The maximum Gasteiger partial charge on any atom is 0.282 e. The van der Waals surface area contributed by atoms with Crippen LogP contribution in [0.5, 0.6) is 11.5 Å². The summed E-state index contributed by atoms with van der Waals surface area (Å²) in [7, 11) is 0. The Labute approximate surface area is 259 Å². The van der Waals surface area contributed by atoms with E-state index in [9.17, 15) is 4.79 Å². The molecule has 40 heavy (non-hydrogen) atoms. The molecule has 1 heterocycles. The average molecular weight is 708 g/mol. The van der Waals surface area contributed by atoms with Gasteiger partial charge in [-0.15, -0.1) is 0 Å². The first-order chi connectivity index (χ1) is 19.3. The van der Waals surface area contributed by atoms with Crippen LogP contribution < -0.4 is 15.0 Å². The van der Waals surface area contributed by atoms with Gasteiger partial charge >= 0.3 is 0 Å². The zero-order valence-corrected chi connectivity index (χ0v) is 26.5. The van der Waals surface area contributed by atoms with Crippen molar-refractivity contribution in [2.24, 2.45) is 5.10 Å². The number of ether oxygens (including phenoxy) is 2. The van der Waals surface area contributed by atoms with E-state index < -0.39 is 0 Å². The second-order valence-corrected chi connectivity index (χ2v) is 12.2. The third kappa shape index (κ3) is 6.56. The minimum atomic E-state index is -0.186. The van der Waals surface area contributed by atoms with Gasteiger partial charge in [0, 0.05) is 10.4 Å². The number of rotatable bonds is 8. The van der Waals surface area contributed by atoms with Crippen molar-refractivity contribution in [1.82, 2.24) is 9.66 Å². The van der Waals surface area contributed by atoms with Crippen LogP contribution in [0.1, 0.15) is 61.9 Å². The van der Waals surface area contributed by atoms with Crippen molar-refractivity contribution in [2.45, 2.75) is 51.6 Å². The quantitative estimate of drug-likeness (QED) is 0.171. The molecule has 3 aromatic carbocycles. The van der Waals surface area contributed by atoms with E-state index >= 15 is 0 Å². The molecule has 0 unspecified atom stereocenters. The third-order valence-corrected chi connectivity index (χ3v) is 8.65. The lowest BCUT2D eigenvalue weighted by atomic mass is 9.88. The van der Waals surface area contributed by atoms with Crippen molar-refractivity contribution in [3.8, 4) is 11.5 Å². The van der Waals surface area contributed by atoms with Gasteiger partial charge in [-0.1, -0.05) is 64.5 Å². The highest BCUT2D eigenvalue weighted by Gasteiger charge is 2.22. The molecule has 0 saturated heterocycles. The van der Waals surface area contributed by atoms with Gasteiger partial charge in [-0.05, 0) is 89.3 Å². The molecule has 0 aliphatic heterocycles. The van der Waals surface area contributed by atoms with Crippen LogP contribution in [-0.4, -0.2) is 22.5 Å². The van der Waals surface area contributed by atoms with E-state index in [0.717, 1.165) is 41.3 Å². The molecular formula is C30H27Br2Cl2N3O3.